The van der Waals surface area contributed by atoms with Gasteiger partial charge in [0.1, 0.15) is 5.82 Å². The van der Waals surface area contributed by atoms with E-state index in [1.807, 2.05) is 16.7 Å². The molecule has 2 N–H and O–H groups in total. The lowest BCUT2D eigenvalue weighted by molar-refractivity contribution is 0.0303. The molecule has 1 unspecified atom stereocenters. The van der Waals surface area contributed by atoms with E-state index in [2.05, 4.69) is 31.8 Å². The van der Waals surface area contributed by atoms with Gasteiger partial charge in [0.2, 0.25) is 10.0 Å². The van der Waals surface area contributed by atoms with Gasteiger partial charge in [-0.2, -0.15) is 0 Å². The molecule has 1 aliphatic carbocycles. The fraction of sp³-hybridized carbons (Fsp3) is 0.632. The van der Waals surface area contributed by atoms with E-state index in [1.54, 1.807) is 6.20 Å². The Hall–Kier alpha value is -2.04. The van der Waals surface area contributed by atoms with Crippen LogP contribution in [0.15, 0.2) is 18.5 Å². The Labute approximate surface area is 169 Å². The molecule has 156 valence electrons. The number of aromatic amines is 1. The molecule has 2 fully saturated rings. The van der Waals surface area contributed by atoms with Crippen molar-refractivity contribution < 1.29 is 13.2 Å². The van der Waals surface area contributed by atoms with Crippen molar-refractivity contribution in [2.24, 2.45) is 5.92 Å². The van der Waals surface area contributed by atoms with Gasteiger partial charge in [-0.1, -0.05) is 6.92 Å². The molecule has 4 heterocycles. The summed E-state index contributed by atoms with van der Waals surface area (Å²) in [6.07, 6.45) is 7.73. The molecule has 0 spiro atoms. The van der Waals surface area contributed by atoms with Gasteiger partial charge in [0, 0.05) is 24.8 Å². The second-order valence-electron chi connectivity index (χ2n) is 8.36. The number of hydrogen-bond acceptors (Lipinski definition) is 6. The van der Waals surface area contributed by atoms with Crippen molar-refractivity contribution in [3.05, 3.63) is 24.3 Å². The molecule has 1 saturated carbocycles. The number of nitrogens with zero attached hydrogens (tertiary/aromatic N) is 4. The fourth-order valence-corrected chi connectivity index (χ4v) is 6.38. The summed E-state index contributed by atoms with van der Waals surface area (Å²) in [5, 5.41) is 8.73. The second kappa shape index (κ2) is 7.33. The zero-order chi connectivity index (χ0) is 20.0. The van der Waals surface area contributed by atoms with Crippen LogP contribution in [0.1, 0.15) is 50.8 Å². The van der Waals surface area contributed by atoms with Crippen molar-refractivity contribution in [1.29, 1.82) is 0 Å². The van der Waals surface area contributed by atoms with Gasteiger partial charge < -0.3 is 9.72 Å². The zero-order valence-electron chi connectivity index (χ0n) is 16.4. The Morgan fingerprint density at radius 1 is 1.31 bits per heavy atom. The minimum absolute atomic E-state index is 0.0477. The quantitative estimate of drug-likeness (QED) is 0.655. The second-order valence-corrected chi connectivity index (χ2v) is 10.2. The molecule has 1 aliphatic heterocycles. The number of hydrogen-bond donors (Lipinski definition) is 2. The molecule has 1 saturated heterocycles. The lowest BCUT2D eigenvalue weighted by atomic mass is 9.97. The Kier molecular flexibility index (Phi) is 4.79. The molecule has 0 bridgehead atoms. The highest BCUT2D eigenvalue weighted by Crippen LogP contribution is 2.39. The van der Waals surface area contributed by atoms with Crippen molar-refractivity contribution in [1.82, 2.24) is 29.3 Å². The lowest BCUT2D eigenvalue weighted by Crippen LogP contribution is -2.39. The van der Waals surface area contributed by atoms with Crippen molar-refractivity contribution in [3.8, 4) is 0 Å². The molecule has 4 atom stereocenters. The fourth-order valence-electron chi connectivity index (χ4n) is 4.83. The van der Waals surface area contributed by atoms with E-state index in [4.69, 9.17) is 4.74 Å². The van der Waals surface area contributed by atoms with E-state index in [-0.39, 0.29) is 23.8 Å². The van der Waals surface area contributed by atoms with Gasteiger partial charge in [0.25, 0.3) is 0 Å². The van der Waals surface area contributed by atoms with Crippen molar-refractivity contribution in [2.75, 3.05) is 12.4 Å². The van der Waals surface area contributed by atoms with E-state index in [9.17, 15) is 8.42 Å². The number of fused-ring (bicyclic) bond motifs is 3. The smallest absolute Gasteiger partial charge is 0.214 e. The normalized spacial score (nSPS) is 28.4. The third kappa shape index (κ3) is 3.64. The average Bonchev–Trinajstić information content (AvgIpc) is 3.38. The number of nitrogens with one attached hydrogen (secondary N) is 2. The first-order chi connectivity index (χ1) is 14.0. The first-order valence-corrected chi connectivity index (χ1v) is 11.9. The van der Waals surface area contributed by atoms with Gasteiger partial charge in [-0.3, -0.25) is 4.40 Å². The minimum atomic E-state index is -3.38. The van der Waals surface area contributed by atoms with Gasteiger partial charge in [-0.15, -0.1) is 10.2 Å². The molecule has 0 amide bonds. The summed E-state index contributed by atoms with van der Waals surface area (Å²) < 4.78 is 35.9. The van der Waals surface area contributed by atoms with Crippen LogP contribution in [0.4, 0.5) is 0 Å². The molecule has 3 aromatic rings. The summed E-state index contributed by atoms with van der Waals surface area (Å²) in [4.78, 5) is 7.48. The maximum Gasteiger partial charge on any atom is 0.214 e. The van der Waals surface area contributed by atoms with Crippen molar-refractivity contribution in [2.45, 2.75) is 57.1 Å². The van der Waals surface area contributed by atoms with E-state index in [1.165, 1.54) is 0 Å². The van der Waals surface area contributed by atoms with Gasteiger partial charge in [0.05, 0.1) is 23.6 Å². The van der Waals surface area contributed by atoms with Crippen LogP contribution >= 0.6 is 0 Å². The SMILES string of the molecule is C[C@@H]1C[C@H](NS(=O)(=O)CC2CCCCO2)C[C@@H]1c1nnc2cnc3[nH]ccc3n12. The standard InChI is InChI=1S/C19H26N6O3S/c1-12-8-13(24-29(26,27)11-14-4-2-3-7-28-14)9-15(12)19-23-22-17-10-21-18-16(25(17)19)5-6-20-18/h5-6,10,12-15,20,24H,2-4,7-9,11H2,1H3/t12-,13+,14?,15+/m1/s1. The van der Waals surface area contributed by atoms with Crippen LogP contribution in [0.25, 0.3) is 16.8 Å². The summed E-state index contributed by atoms with van der Waals surface area (Å²) in [5.74, 6) is 1.34. The third-order valence-corrected chi connectivity index (χ3v) is 7.71. The predicted octanol–water partition coefficient (Wildman–Crippen LogP) is 1.98. The van der Waals surface area contributed by atoms with Crippen molar-refractivity contribution >= 4 is 26.8 Å². The van der Waals surface area contributed by atoms with Crippen LogP contribution in [-0.2, 0) is 14.8 Å². The molecule has 2 aliphatic rings. The van der Waals surface area contributed by atoms with E-state index < -0.39 is 10.0 Å². The van der Waals surface area contributed by atoms with E-state index in [0.29, 0.717) is 24.6 Å². The summed E-state index contributed by atoms with van der Waals surface area (Å²) in [7, 11) is -3.38. The van der Waals surface area contributed by atoms with E-state index >= 15 is 0 Å². The topological polar surface area (TPSA) is 114 Å². The highest BCUT2D eigenvalue weighted by molar-refractivity contribution is 7.89. The van der Waals surface area contributed by atoms with E-state index in [0.717, 1.165) is 42.7 Å². The Morgan fingerprint density at radius 2 is 2.21 bits per heavy atom. The number of sulfonamides is 1. The van der Waals surface area contributed by atoms with Gasteiger partial charge >= 0.3 is 0 Å². The Morgan fingerprint density at radius 3 is 3.03 bits per heavy atom. The molecule has 5 rings (SSSR count). The van der Waals surface area contributed by atoms with Crippen molar-refractivity contribution in [3.63, 3.8) is 0 Å². The molecule has 9 nitrogen and oxygen atoms in total. The molecule has 10 heteroatoms. The van der Waals surface area contributed by atoms with Gasteiger partial charge in [0.15, 0.2) is 11.3 Å². The summed E-state index contributed by atoms with van der Waals surface area (Å²) in [6, 6.07) is 1.87. The molecule has 0 aromatic carbocycles. The van der Waals surface area contributed by atoms with Crippen LogP contribution < -0.4 is 4.72 Å². The third-order valence-electron chi connectivity index (χ3n) is 6.21. The lowest BCUT2D eigenvalue weighted by Gasteiger charge is -2.23. The van der Waals surface area contributed by atoms with Crippen LogP contribution in [0.2, 0.25) is 0 Å². The first kappa shape index (κ1) is 19.0. The number of aromatic nitrogens is 5. The monoisotopic (exact) mass is 418 g/mol. The summed E-state index contributed by atoms with van der Waals surface area (Å²) >= 11 is 0. The summed E-state index contributed by atoms with van der Waals surface area (Å²) in [5.41, 5.74) is 2.43. The number of ether oxygens (including phenoxy) is 1. The Bertz CT molecular complexity index is 1120. The number of rotatable bonds is 5. The first-order valence-electron chi connectivity index (χ1n) is 10.3. The highest BCUT2D eigenvalue weighted by Gasteiger charge is 2.37. The maximum atomic E-state index is 12.7. The molecule has 0 radical (unpaired) electrons. The summed E-state index contributed by atoms with van der Waals surface area (Å²) in [6.45, 7) is 2.81. The molecular weight excluding hydrogens is 392 g/mol. The predicted molar refractivity (Wildman–Crippen MR) is 108 cm³/mol. The zero-order valence-corrected chi connectivity index (χ0v) is 17.2. The largest absolute Gasteiger partial charge is 0.377 e. The highest BCUT2D eigenvalue weighted by atomic mass is 32.2. The minimum Gasteiger partial charge on any atom is -0.377 e. The van der Waals surface area contributed by atoms with Crippen LogP contribution in [-0.4, -0.2) is 57.5 Å². The number of H-pyrrole nitrogens is 1. The Balaban J connectivity index is 1.35. The van der Waals surface area contributed by atoms with Gasteiger partial charge in [-0.25, -0.2) is 18.1 Å². The van der Waals surface area contributed by atoms with Crippen LogP contribution in [0, 0.1) is 5.92 Å². The maximum absolute atomic E-state index is 12.7. The van der Waals surface area contributed by atoms with Crippen LogP contribution in [0.5, 0.6) is 0 Å². The average molecular weight is 419 g/mol. The molecular formula is C19H26N6O3S. The molecule has 29 heavy (non-hydrogen) atoms. The van der Waals surface area contributed by atoms with Crippen LogP contribution in [0.3, 0.4) is 0 Å². The van der Waals surface area contributed by atoms with Gasteiger partial charge in [-0.05, 0) is 44.1 Å². The molecule has 3 aromatic heterocycles.